The number of amides is 2. The van der Waals surface area contributed by atoms with Gasteiger partial charge in [-0.15, -0.1) is 0 Å². The molecule has 1 aliphatic heterocycles. The van der Waals surface area contributed by atoms with Crippen molar-refractivity contribution in [3.05, 3.63) is 72.3 Å². The number of ether oxygens (including phenoxy) is 1. The van der Waals surface area contributed by atoms with Crippen LogP contribution in [0.4, 0.5) is 4.39 Å². The third-order valence-corrected chi connectivity index (χ3v) is 6.42. The number of nitrogens with zero attached hydrogens (tertiary/aromatic N) is 3. The van der Waals surface area contributed by atoms with E-state index in [-0.39, 0.29) is 5.91 Å². The number of halogens is 1. The molecule has 0 aliphatic carbocycles. The smallest absolute Gasteiger partial charge is 0.260 e. The van der Waals surface area contributed by atoms with Crippen molar-refractivity contribution in [2.45, 2.75) is 29.7 Å². The summed E-state index contributed by atoms with van der Waals surface area (Å²) in [6.07, 6.45) is 5.76. The number of benzene rings is 2. The van der Waals surface area contributed by atoms with Gasteiger partial charge in [0.1, 0.15) is 11.6 Å². The van der Waals surface area contributed by atoms with Gasteiger partial charge in [0, 0.05) is 30.2 Å². The van der Waals surface area contributed by atoms with Crippen LogP contribution in [0.15, 0.2) is 66.1 Å². The molecule has 0 spiro atoms. The van der Waals surface area contributed by atoms with Crippen molar-refractivity contribution in [1.82, 2.24) is 14.5 Å². The highest BCUT2D eigenvalue weighted by Gasteiger charge is 2.33. The summed E-state index contributed by atoms with van der Waals surface area (Å²) in [5, 5.41) is 0.255. The summed E-state index contributed by atoms with van der Waals surface area (Å²) >= 11 is 1.36. The van der Waals surface area contributed by atoms with Gasteiger partial charge >= 0.3 is 0 Å². The Balaban J connectivity index is 1.54. The maximum Gasteiger partial charge on any atom is 0.260 e. The first-order chi connectivity index (χ1) is 15.1. The average molecular weight is 440 g/mol. The number of carbonyl (C=O) groups excluding carboxylic acids is 2. The van der Waals surface area contributed by atoms with E-state index >= 15 is 0 Å². The van der Waals surface area contributed by atoms with Gasteiger partial charge in [-0.2, -0.15) is 0 Å². The second kappa shape index (κ2) is 9.34. The molecule has 8 heteroatoms. The standard InChI is InChI=1S/C23H22FN3O3S/c1-30-19-11-9-18(10-12-19)26-15-13-25-23(26)31-20-4-2-3-14-27(22(20)29)21(28)16-5-7-17(24)8-6-16/h5-13,15,20H,2-4,14H2,1H3. The molecule has 2 heterocycles. The topological polar surface area (TPSA) is 64.4 Å². The third-order valence-electron chi connectivity index (χ3n) is 5.18. The Morgan fingerprint density at radius 1 is 1.13 bits per heavy atom. The lowest BCUT2D eigenvalue weighted by atomic mass is 10.2. The normalized spacial score (nSPS) is 16.8. The molecule has 4 rings (SSSR count). The highest BCUT2D eigenvalue weighted by Crippen LogP contribution is 2.31. The number of imidazole rings is 1. The first kappa shape index (κ1) is 21.1. The summed E-state index contributed by atoms with van der Waals surface area (Å²) in [6.45, 7) is 0.360. The molecule has 6 nitrogen and oxygen atoms in total. The fourth-order valence-electron chi connectivity index (χ4n) is 3.51. The molecule has 1 saturated heterocycles. The number of hydrogen-bond donors (Lipinski definition) is 0. The second-order valence-corrected chi connectivity index (χ2v) is 8.35. The van der Waals surface area contributed by atoms with Crippen molar-refractivity contribution in [1.29, 1.82) is 0 Å². The van der Waals surface area contributed by atoms with E-state index in [9.17, 15) is 14.0 Å². The first-order valence-corrected chi connectivity index (χ1v) is 10.9. The van der Waals surface area contributed by atoms with Crippen LogP contribution in [-0.2, 0) is 4.79 Å². The minimum Gasteiger partial charge on any atom is -0.497 e. The zero-order valence-electron chi connectivity index (χ0n) is 17.0. The summed E-state index contributed by atoms with van der Waals surface area (Å²) in [7, 11) is 1.62. The lowest BCUT2D eigenvalue weighted by molar-refractivity contribution is -0.127. The van der Waals surface area contributed by atoms with Gasteiger partial charge in [-0.3, -0.25) is 19.1 Å². The molecule has 1 aliphatic rings. The fourth-order valence-corrected chi connectivity index (χ4v) is 4.68. The number of imide groups is 1. The van der Waals surface area contributed by atoms with E-state index in [1.807, 2.05) is 35.0 Å². The molecule has 1 aromatic heterocycles. The van der Waals surface area contributed by atoms with Crippen LogP contribution in [0.3, 0.4) is 0 Å². The summed E-state index contributed by atoms with van der Waals surface area (Å²) in [4.78, 5) is 31.9. The predicted molar refractivity (Wildman–Crippen MR) is 116 cm³/mol. The minimum absolute atomic E-state index is 0.235. The van der Waals surface area contributed by atoms with Crippen molar-refractivity contribution in [3.8, 4) is 11.4 Å². The van der Waals surface area contributed by atoms with Crippen LogP contribution in [0, 0.1) is 5.82 Å². The average Bonchev–Trinajstić information content (AvgIpc) is 3.18. The Hall–Kier alpha value is -3.13. The lowest BCUT2D eigenvalue weighted by Crippen LogP contribution is -2.41. The first-order valence-electron chi connectivity index (χ1n) is 10.0. The Morgan fingerprint density at radius 2 is 1.87 bits per heavy atom. The zero-order valence-corrected chi connectivity index (χ0v) is 17.8. The molecule has 1 unspecified atom stereocenters. The van der Waals surface area contributed by atoms with Crippen molar-refractivity contribution in [2.75, 3.05) is 13.7 Å². The molecule has 2 amide bonds. The minimum atomic E-state index is -0.425. The molecule has 1 fully saturated rings. The predicted octanol–water partition coefficient (Wildman–Crippen LogP) is 4.33. The number of aromatic nitrogens is 2. The Bertz CT molecular complexity index is 1070. The van der Waals surface area contributed by atoms with Crippen LogP contribution in [-0.4, -0.2) is 45.2 Å². The van der Waals surface area contributed by atoms with E-state index in [4.69, 9.17) is 4.74 Å². The lowest BCUT2D eigenvalue weighted by Gasteiger charge is -2.22. The fraction of sp³-hybridized carbons (Fsp3) is 0.261. The second-order valence-electron chi connectivity index (χ2n) is 7.18. The van der Waals surface area contributed by atoms with E-state index in [0.29, 0.717) is 23.7 Å². The van der Waals surface area contributed by atoms with Gasteiger partial charge in [0.25, 0.3) is 5.91 Å². The maximum absolute atomic E-state index is 13.2. The number of rotatable bonds is 5. The molecule has 0 radical (unpaired) electrons. The number of carbonyl (C=O) groups is 2. The summed E-state index contributed by atoms with van der Waals surface area (Å²) in [5.41, 5.74) is 1.21. The molecule has 0 bridgehead atoms. The largest absolute Gasteiger partial charge is 0.497 e. The van der Waals surface area contributed by atoms with E-state index in [0.717, 1.165) is 24.3 Å². The molecule has 1 atom stereocenters. The van der Waals surface area contributed by atoms with E-state index in [1.165, 1.54) is 40.9 Å². The monoisotopic (exact) mass is 439 g/mol. The van der Waals surface area contributed by atoms with Crippen molar-refractivity contribution in [3.63, 3.8) is 0 Å². The van der Waals surface area contributed by atoms with Gasteiger partial charge in [0.05, 0.1) is 12.4 Å². The summed E-state index contributed by atoms with van der Waals surface area (Å²) < 4.78 is 20.3. The highest BCUT2D eigenvalue weighted by atomic mass is 32.2. The molecule has 31 heavy (non-hydrogen) atoms. The van der Waals surface area contributed by atoms with Gasteiger partial charge in [-0.1, -0.05) is 18.2 Å². The molecule has 0 N–H and O–H groups in total. The van der Waals surface area contributed by atoms with Gasteiger partial charge in [-0.05, 0) is 61.4 Å². The number of methoxy groups -OCH3 is 1. The molecule has 0 saturated carbocycles. The van der Waals surface area contributed by atoms with Crippen LogP contribution in [0.25, 0.3) is 5.69 Å². The van der Waals surface area contributed by atoms with Crippen LogP contribution in [0.2, 0.25) is 0 Å². The van der Waals surface area contributed by atoms with Crippen LogP contribution in [0.5, 0.6) is 5.75 Å². The molecule has 3 aromatic rings. The maximum atomic E-state index is 13.2. The number of likely N-dealkylation sites (tertiary alicyclic amines) is 1. The van der Waals surface area contributed by atoms with Gasteiger partial charge in [-0.25, -0.2) is 9.37 Å². The summed E-state index contributed by atoms with van der Waals surface area (Å²) in [5.74, 6) is -0.290. The molecule has 2 aromatic carbocycles. The van der Waals surface area contributed by atoms with E-state index in [1.54, 1.807) is 13.3 Å². The third kappa shape index (κ3) is 4.64. The molecular weight excluding hydrogens is 417 g/mol. The highest BCUT2D eigenvalue weighted by molar-refractivity contribution is 8.00. The van der Waals surface area contributed by atoms with Crippen molar-refractivity contribution < 1.29 is 18.7 Å². The van der Waals surface area contributed by atoms with Gasteiger partial charge < -0.3 is 4.74 Å². The van der Waals surface area contributed by atoms with Crippen LogP contribution < -0.4 is 4.74 Å². The van der Waals surface area contributed by atoms with E-state index in [2.05, 4.69) is 4.98 Å². The Kier molecular flexibility index (Phi) is 6.36. The van der Waals surface area contributed by atoms with Crippen molar-refractivity contribution in [2.24, 2.45) is 0 Å². The Labute approximate surface area is 184 Å². The van der Waals surface area contributed by atoms with Crippen LogP contribution in [0.1, 0.15) is 29.6 Å². The van der Waals surface area contributed by atoms with Gasteiger partial charge in [0.15, 0.2) is 5.16 Å². The number of hydrogen-bond acceptors (Lipinski definition) is 5. The SMILES string of the molecule is COc1ccc(-n2ccnc2SC2CCCCN(C(=O)c3ccc(F)cc3)C2=O)cc1. The quantitative estimate of drug-likeness (QED) is 0.554. The zero-order chi connectivity index (χ0) is 21.8. The van der Waals surface area contributed by atoms with E-state index < -0.39 is 17.0 Å². The summed E-state index contributed by atoms with van der Waals surface area (Å²) in [6, 6.07) is 12.9. The van der Waals surface area contributed by atoms with Crippen LogP contribution >= 0.6 is 11.8 Å². The number of thioether (sulfide) groups is 1. The van der Waals surface area contributed by atoms with Gasteiger partial charge in [0.2, 0.25) is 5.91 Å². The molecular formula is C23H22FN3O3S. The molecule has 160 valence electrons. The Morgan fingerprint density at radius 3 is 2.58 bits per heavy atom. The van der Waals surface area contributed by atoms with Crippen molar-refractivity contribution >= 4 is 23.6 Å².